The quantitative estimate of drug-likeness (QED) is 0.780. The summed E-state index contributed by atoms with van der Waals surface area (Å²) in [5.41, 5.74) is -0.229. The Morgan fingerprint density at radius 3 is 2.67 bits per heavy atom. The highest BCUT2D eigenvalue weighted by molar-refractivity contribution is 8.13. The second kappa shape index (κ2) is 6.08. The average Bonchev–Trinajstić information content (AvgIpc) is 2.88. The number of likely N-dealkylation sites (tertiary alicyclic amines) is 1. The molecule has 1 aliphatic heterocycles. The number of nitrogens with zero attached hydrogens (tertiary/aromatic N) is 1. The fourth-order valence-corrected chi connectivity index (χ4v) is 3.10. The molecule has 0 aliphatic carbocycles. The number of benzene rings is 1. The predicted molar refractivity (Wildman–Crippen MR) is 75.8 cm³/mol. The third kappa shape index (κ3) is 3.48. The van der Waals surface area contributed by atoms with E-state index in [1.165, 1.54) is 12.0 Å². The average molecular weight is 356 g/mol. The van der Waals surface area contributed by atoms with E-state index in [0.29, 0.717) is 25.6 Å². The van der Waals surface area contributed by atoms with E-state index in [1.54, 1.807) is 0 Å². The van der Waals surface area contributed by atoms with Crippen LogP contribution in [0.1, 0.15) is 16.8 Å². The van der Waals surface area contributed by atoms with Crippen molar-refractivity contribution in [2.24, 2.45) is 0 Å². The lowest BCUT2D eigenvalue weighted by molar-refractivity contribution is 0.0723. The van der Waals surface area contributed by atoms with Crippen LogP contribution in [0.2, 0.25) is 5.02 Å². The molecule has 0 N–H and O–H groups in total. The third-order valence-corrected chi connectivity index (χ3v) is 5.00. The van der Waals surface area contributed by atoms with Gasteiger partial charge in [-0.15, -0.1) is 0 Å². The van der Waals surface area contributed by atoms with Crippen LogP contribution in [0.15, 0.2) is 17.0 Å². The highest BCUT2D eigenvalue weighted by atomic mass is 35.7. The van der Waals surface area contributed by atoms with E-state index in [2.05, 4.69) is 0 Å². The van der Waals surface area contributed by atoms with Crippen molar-refractivity contribution in [2.45, 2.75) is 17.4 Å². The highest BCUT2D eigenvalue weighted by Gasteiger charge is 2.29. The smallest absolute Gasteiger partial charge is 0.261 e. The summed E-state index contributed by atoms with van der Waals surface area (Å²) in [5, 5.41) is -0.426. The largest absolute Gasteiger partial charge is 0.380 e. The van der Waals surface area contributed by atoms with E-state index in [-0.39, 0.29) is 11.7 Å². The first-order chi connectivity index (χ1) is 9.74. The summed E-state index contributed by atoms with van der Waals surface area (Å²) < 4.78 is 41.5. The van der Waals surface area contributed by atoms with Crippen LogP contribution in [0.3, 0.4) is 0 Å². The maximum Gasteiger partial charge on any atom is 0.261 e. The molecule has 1 aromatic carbocycles. The molecule has 0 radical (unpaired) electrons. The van der Waals surface area contributed by atoms with Crippen molar-refractivity contribution in [1.29, 1.82) is 0 Å². The minimum absolute atomic E-state index is 0.0995. The predicted octanol–water partition coefficient (Wildman–Crippen LogP) is 2.27. The second-order valence-electron chi connectivity index (χ2n) is 4.60. The molecule has 2 rings (SSSR count). The van der Waals surface area contributed by atoms with Gasteiger partial charge in [0.2, 0.25) is 0 Å². The van der Waals surface area contributed by atoms with Crippen LogP contribution >= 0.6 is 22.3 Å². The van der Waals surface area contributed by atoms with Gasteiger partial charge in [-0.25, -0.2) is 12.8 Å². The van der Waals surface area contributed by atoms with Crippen LogP contribution in [0.25, 0.3) is 0 Å². The molecular weight excluding hydrogens is 344 g/mol. The van der Waals surface area contributed by atoms with Crippen LogP contribution in [-0.2, 0) is 13.8 Å². The topological polar surface area (TPSA) is 63.7 Å². The Labute approximate surface area is 131 Å². The minimum atomic E-state index is -4.16. The van der Waals surface area contributed by atoms with Gasteiger partial charge in [0.05, 0.1) is 21.6 Å². The van der Waals surface area contributed by atoms with E-state index in [4.69, 9.17) is 27.0 Å². The summed E-state index contributed by atoms with van der Waals surface area (Å²) in [6, 6.07) is 1.67. The van der Waals surface area contributed by atoms with Crippen LogP contribution in [0.5, 0.6) is 0 Å². The van der Waals surface area contributed by atoms with Crippen LogP contribution in [-0.4, -0.2) is 45.5 Å². The summed E-state index contributed by atoms with van der Waals surface area (Å²) in [7, 11) is 2.56. The first-order valence-corrected chi connectivity index (χ1v) is 8.68. The van der Waals surface area contributed by atoms with Gasteiger partial charge in [0.25, 0.3) is 15.0 Å². The zero-order valence-corrected chi connectivity index (χ0v) is 13.3. The summed E-state index contributed by atoms with van der Waals surface area (Å²) in [5.74, 6) is -1.56. The number of carbonyl (C=O) groups is 1. The Hall–Kier alpha value is -0.890. The Morgan fingerprint density at radius 1 is 1.48 bits per heavy atom. The molecule has 9 heteroatoms. The van der Waals surface area contributed by atoms with Crippen molar-refractivity contribution >= 4 is 37.2 Å². The number of halogens is 3. The molecule has 0 bridgehead atoms. The Morgan fingerprint density at radius 2 is 2.14 bits per heavy atom. The first-order valence-electron chi connectivity index (χ1n) is 6.00. The SMILES string of the molecule is COC1CCN(C(=O)c2cc(S(=O)(=O)Cl)cc(F)c2Cl)C1. The van der Waals surface area contributed by atoms with E-state index < -0.39 is 30.7 Å². The molecule has 1 aromatic rings. The van der Waals surface area contributed by atoms with Crippen molar-refractivity contribution < 1.29 is 22.3 Å². The summed E-state index contributed by atoms with van der Waals surface area (Å²) >= 11 is 5.77. The number of amides is 1. The molecule has 1 saturated heterocycles. The molecule has 1 unspecified atom stereocenters. The monoisotopic (exact) mass is 355 g/mol. The lowest BCUT2D eigenvalue weighted by Gasteiger charge is -2.17. The molecule has 5 nitrogen and oxygen atoms in total. The third-order valence-electron chi connectivity index (χ3n) is 3.28. The molecule has 1 heterocycles. The molecule has 116 valence electrons. The summed E-state index contributed by atoms with van der Waals surface area (Å²) in [4.78, 5) is 13.3. The molecule has 1 fully saturated rings. The van der Waals surface area contributed by atoms with Gasteiger partial charge >= 0.3 is 0 Å². The van der Waals surface area contributed by atoms with E-state index in [1.807, 2.05) is 0 Å². The lowest BCUT2D eigenvalue weighted by Crippen LogP contribution is -2.30. The molecule has 1 aliphatic rings. The Bertz CT molecular complexity index is 680. The Kier molecular flexibility index (Phi) is 4.77. The standard InChI is InChI=1S/C12H12Cl2FNO4S/c1-20-7-2-3-16(6-7)12(17)9-4-8(21(14,18)19)5-10(15)11(9)13/h4-5,7H,2-3,6H2,1H3. The maximum absolute atomic E-state index is 13.7. The van der Waals surface area contributed by atoms with Gasteiger partial charge in [-0.05, 0) is 18.6 Å². The molecule has 0 saturated carbocycles. The van der Waals surface area contributed by atoms with Gasteiger partial charge in [-0.1, -0.05) is 11.6 Å². The van der Waals surface area contributed by atoms with Gasteiger partial charge in [0, 0.05) is 30.9 Å². The molecule has 21 heavy (non-hydrogen) atoms. The first kappa shape index (κ1) is 16.5. The molecular formula is C12H12Cl2FNO4S. The van der Waals surface area contributed by atoms with Gasteiger partial charge in [-0.3, -0.25) is 4.79 Å². The minimum Gasteiger partial charge on any atom is -0.380 e. The number of methoxy groups -OCH3 is 1. The Balaban J connectivity index is 2.39. The van der Waals surface area contributed by atoms with Crippen LogP contribution < -0.4 is 0 Å². The van der Waals surface area contributed by atoms with Crippen molar-refractivity contribution in [3.05, 3.63) is 28.5 Å². The van der Waals surface area contributed by atoms with Crippen molar-refractivity contribution in [3.8, 4) is 0 Å². The van der Waals surface area contributed by atoms with Crippen molar-refractivity contribution in [2.75, 3.05) is 20.2 Å². The zero-order chi connectivity index (χ0) is 15.8. The van der Waals surface area contributed by atoms with Crippen LogP contribution in [0, 0.1) is 5.82 Å². The molecule has 1 atom stereocenters. The highest BCUT2D eigenvalue weighted by Crippen LogP contribution is 2.28. The second-order valence-corrected chi connectivity index (χ2v) is 7.55. The van der Waals surface area contributed by atoms with Gasteiger partial charge in [0.1, 0.15) is 5.82 Å². The number of carbonyl (C=O) groups excluding carboxylic acids is 1. The van der Waals surface area contributed by atoms with Crippen LogP contribution in [0.4, 0.5) is 4.39 Å². The maximum atomic E-state index is 13.7. The number of hydrogen-bond donors (Lipinski definition) is 0. The van der Waals surface area contributed by atoms with Gasteiger partial charge in [0.15, 0.2) is 0 Å². The van der Waals surface area contributed by atoms with Gasteiger partial charge in [-0.2, -0.15) is 0 Å². The molecule has 1 amide bonds. The fraction of sp³-hybridized carbons (Fsp3) is 0.417. The number of rotatable bonds is 3. The fourth-order valence-electron chi connectivity index (χ4n) is 2.14. The van der Waals surface area contributed by atoms with Crippen molar-refractivity contribution in [1.82, 2.24) is 4.90 Å². The number of hydrogen-bond acceptors (Lipinski definition) is 4. The lowest BCUT2D eigenvalue weighted by atomic mass is 10.2. The van der Waals surface area contributed by atoms with E-state index in [0.717, 1.165) is 6.07 Å². The zero-order valence-electron chi connectivity index (χ0n) is 11.0. The van der Waals surface area contributed by atoms with E-state index >= 15 is 0 Å². The molecule has 0 spiro atoms. The normalized spacial score (nSPS) is 19.0. The summed E-state index contributed by atoms with van der Waals surface area (Å²) in [6.45, 7) is 0.762. The molecule has 0 aromatic heterocycles. The van der Waals surface area contributed by atoms with Crippen molar-refractivity contribution in [3.63, 3.8) is 0 Å². The van der Waals surface area contributed by atoms with E-state index in [9.17, 15) is 17.6 Å². The van der Waals surface area contributed by atoms with Gasteiger partial charge < -0.3 is 9.64 Å². The number of ether oxygens (including phenoxy) is 1. The summed E-state index contributed by atoms with van der Waals surface area (Å²) in [6.07, 6.45) is 0.549.